The van der Waals surface area contributed by atoms with Crippen molar-refractivity contribution in [2.75, 3.05) is 6.61 Å². The molecular weight excluding hydrogens is 731 g/mol. The van der Waals surface area contributed by atoms with Gasteiger partial charge in [0.2, 0.25) is 5.91 Å². The molecule has 0 aromatic heterocycles. The number of rotatable bonds is 45. The SMILES string of the molecule is CCCCCC/C=C/CC/C=C/CC/C=C/CCCC(O)C(O)C(CO)NC(=O)C(O)CCCCCCCCCCCC/C=C\C/C=C\CCCCCCCCCCC. The summed E-state index contributed by atoms with van der Waals surface area (Å²) in [5.74, 6) is -0.603. The van der Waals surface area contributed by atoms with E-state index in [2.05, 4.69) is 79.9 Å². The number of carbonyl (C=O) groups excluding carboxylic acids is 1. The first-order valence-electron chi connectivity index (χ1n) is 25.2. The number of aliphatic hydroxyl groups is 4. The maximum Gasteiger partial charge on any atom is 0.249 e. The topological polar surface area (TPSA) is 110 Å². The minimum Gasteiger partial charge on any atom is -0.394 e. The van der Waals surface area contributed by atoms with Gasteiger partial charge < -0.3 is 25.7 Å². The summed E-state index contributed by atoms with van der Waals surface area (Å²) in [5.41, 5.74) is 0. The average molecular weight is 828 g/mol. The monoisotopic (exact) mass is 828 g/mol. The Bertz CT molecular complexity index is 1020. The highest BCUT2D eigenvalue weighted by Gasteiger charge is 2.28. The number of allylic oxidation sites excluding steroid dienone is 10. The first-order chi connectivity index (χ1) is 29.0. The van der Waals surface area contributed by atoms with Crippen molar-refractivity contribution >= 4 is 5.91 Å². The van der Waals surface area contributed by atoms with Gasteiger partial charge in [-0.3, -0.25) is 4.79 Å². The fourth-order valence-electron chi connectivity index (χ4n) is 7.41. The standard InChI is InChI=1S/C53H97NO5/c1-3-5-7-9-11-13-15-17-19-21-22-23-24-25-26-27-28-29-31-33-35-37-39-41-43-45-47-51(57)53(59)54-49(48-55)52(58)50(56)46-44-42-40-38-36-34-32-30-20-18-16-14-12-10-8-6-4-2/h14,16,22-23,25-26,30,32,38,40,49-52,55-58H,3-13,15,17-21,24,27-29,31,33-37,39,41-48H2,1-2H3,(H,54,59)/b16-14+,23-22-,26-25-,32-30+,40-38+. The molecule has 0 saturated carbocycles. The third-order valence-electron chi connectivity index (χ3n) is 11.4. The van der Waals surface area contributed by atoms with Gasteiger partial charge in [0.1, 0.15) is 12.2 Å². The third-order valence-corrected chi connectivity index (χ3v) is 11.4. The molecule has 0 rings (SSSR count). The van der Waals surface area contributed by atoms with Crippen LogP contribution in [0.5, 0.6) is 0 Å². The Labute approximate surface area is 365 Å². The molecular formula is C53H97NO5. The summed E-state index contributed by atoms with van der Waals surface area (Å²) >= 11 is 0. The van der Waals surface area contributed by atoms with Gasteiger partial charge in [-0.1, -0.05) is 203 Å². The molecule has 59 heavy (non-hydrogen) atoms. The van der Waals surface area contributed by atoms with Crippen LogP contribution in [0.25, 0.3) is 0 Å². The van der Waals surface area contributed by atoms with Crippen LogP contribution in [0.3, 0.4) is 0 Å². The van der Waals surface area contributed by atoms with Crippen molar-refractivity contribution < 1.29 is 25.2 Å². The fourth-order valence-corrected chi connectivity index (χ4v) is 7.41. The lowest BCUT2D eigenvalue weighted by atomic mass is 10.00. The van der Waals surface area contributed by atoms with E-state index >= 15 is 0 Å². The van der Waals surface area contributed by atoms with Crippen molar-refractivity contribution in [3.8, 4) is 0 Å². The number of amides is 1. The van der Waals surface area contributed by atoms with Crippen LogP contribution in [0.15, 0.2) is 60.8 Å². The van der Waals surface area contributed by atoms with Gasteiger partial charge in [-0.05, 0) is 96.3 Å². The van der Waals surface area contributed by atoms with E-state index in [9.17, 15) is 25.2 Å². The molecule has 0 heterocycles. The molecule has 4 atom stereocenters. The van der Waals surface area contributed by atoms with Crippen molar-refractivity contribution in [1.82, 2.24) is 5.32 Å². The number of hydrogen-bond donors (Lipinski definition) is 5. The number of carbonyl (C=O) groups is 1. The second-order valence-corrected chi connectivity index (χ2v) is 17.1. The summed E-state index contributed by atoms with van der Waals surface area (Å²) in [4.78, 5) is 12.6. The summed E-state index contributed by atoms with van der Waals surface area (Å²) in [6.45, 7) is 4.02. The zero-order valence-electron chi connectivity index (χ0n) is 38.7. The van der Waals surface area contributed by atoms with E-state index in [1.807, 2.05) is 0 Å². The van der Waals surface area contributed by atoms with E-state index in [0.717, 1.165) is 57.8 Å². The minimum absolute atomic E-state index is 0.353. The van der Waals surface area contributed by atoms with Gasteiger partial charge in [0.25, 0.3) is 0 Å². The highest BCUT2D eigenvalue weighted by atomic mass is 16.3. The first kappa shape index (κ1) is 57.0. The van der Waals surface area contributed by atoms with E-state index < -0.39 is 36.9 Å². The van der Waals surface area contributed by atoms with Crippen molar-refractivity contribution in [2.24, 2.45) is 0 Å². The van der Waals surface area contributed by atoms with Crippen LogP contribution < -0.4 is 5.32 Å². The molecule has 0 aromatic rings. The van der Waals surface area contributed by atoms with Crippen LogP contribution in [0, 0.1) is 0 Å². The maximum atomic E-state index is 12.6. The zero-order valence-corrected chi connectivity index (χ0v) is 38.7. The molecule has 344 valence electrons. The first-order valence-corrected chi connectivity index (χ1v) is 25.2. The highest BCUT2D eigenvalue weighted by molar-refractivity contribution is 5.80. The Hall–Kier alpha value is -1.99. The fraction of sp³-hybridized carbons (Fsp3) is 0.792. The van der Waals surface area contributed by atoms with E-state index in [4.69, 9.17) is 0 Å². The molecule has 0 radical (unpaired) electrons. The Morgan fingerprint density at radius 3 is 1.19 bits per heavy atom. The van der Waals surface area contributed by atoms with Crippen LogP contribution in [0.4, 0.5) is 0 Å². The highest BCUT2D eigenvalue weighted by Crippen LogP contribution is 2.15. The average Bonchev–Trinajstić information content (AvgIpc) is 3.24. The summed E-state index contributed by atoms with van der Waals surface area (Å²) < 4.78 is 0. The Morgan fingerprint density at radius 2 is 0.763 bits per heavy atom. The molecule has 0 aliphatic heterocycles. The lowest BCUT2D eigenvalue weighted by Crippen LogP contribution is -2.53. The van der Waals surface area contributed by atoms with Gasteiger partial charge in [0.05, 0.1) is 18.8 Å². The van der Waals surface area contributed by atoms with Crippen LogP contribution in [0.2, 0.25) is 0 Å². The van der Waals surface area contributed by atoms with E-state index in [0.29, 0.717) is 19.3 Å². The number of nitrogens with one attached hydrogen (secondary N) is 1. The molecule has 6 heteroatoms. The Kier molecular flexibility index (Phi) is 45.5. The Morgan fingerprint density at radius 1 is 0.424 bits per heavy atom. The van der Waals surface area contributed by atoms with Gasteiger partial charge in [0.15, 0.2) is 0 Å². The van der Waals surface area contributed by atoms with Crippen molar-refractivity contribution in [3.05, 3.63) is 60.8 Å². The molecule has 0 aliphatic carbocycles. The molecule has 5 N–H and O–H groups in total. The van der Waals surface area contributed by atoms with Crippen LogP contribution in [-0.4, -0.2) is 57.3 Å². The maximum absolute atomic E-state index is 12.6. The zero-order chi connectivity index (χ0) is 43.1. The predicted molar refractivity (Wildman–Crippen MR) is 256 cm³/mol. The van der Waals surface area contributed by atoms with Gasteiger partial charge in [0, 0.05) is 0 Å². The van der Waals surface area contributed by atoms with Crippen LogP contribution in [0.1, 0.15) is 239 Å². The number of aliphatic hydroxyl groups excluding tert-OH is 4. The van der Waals surface area contributed by atoms with Gasteiger partial charge in [-0.25, -0.2) is 0 Å². The lowest BCUT2D eigenvalue weighted by molar-refractivity contribution is -0.132. The number of unbranched alkanes of at least 4 members (excludes halogenated alkanes) is 26. The molecule has 0 fully saturated rings. The molecule has 4 unspecified atom stereocenters. The van der Waals surface area contributed by atoms with E-state index in [-0.39, 0.29) is 0 Å². The predicted octanol–water partition coefficient (Wildman–Crippen LogP) is 14.0. The second-order valence-electron chi connectivity index (χ2n) is 17.1. The summed E-state index contributed by atoms with van der Waals surface area (Å²) in [6.07, 6.45) is 59.8. The number of hydrogen-bond acceptors (Lipinski definition) is 5. The van der Waals surface area contributed by atoms with Crippen LogP contribution >= 0.6 is 0 Å². The molecule has 6 nitrogen and oxygen atoms in total. The molecule has 1 amide bonds. The minimum atomic E-state index is -1.30. The van der Waals surface area contributed by atoms with Gasteiger partial charge in [-0.2, -0.15) is 0 Å². The molecule has 0 saturated heterocycles. The Balaban J connectivity index is 3.75. The van der Waals surface area contributed by atoms with Crippen molar-refractivity contribution in [3.63, 3.8) is 0 Å². The molecule has 0 bridgehead atoms. The smallest absolute Gasteiger partial charge is 0.249 e. The summed E-state index contributed by atoms with van der Waals surface area (Å²) in [5, 5.41) is 43.8. The van der Waals surface area contributed by atoms with Crippen molar-refractivity contribution in [2.45, 2.75) is 263 Å². The van der Waals surface area contributed by atoms with Crippen molar-refractivity contribution in [1.29, 1.82) is 0 Å². The molecule has 0 aliphatic rings. The quantitative estimate of drug-likeness (QED) is 0.0310. The van der Waals surface area contributed by atoms with Gasteiger partial charge in [-0.15, -0.1) is 0 Å². The summed E-state index contributed by atoms with van der Waals surface area (Å²) in [6, 6.07) is -1.02. The summed E-state index contributed by atoms with van der Waals surface area (Å²) in [7, 11) is 0. The van der Waals surface area contributed by atoms with E-state index in [1.165, 1.54) is 148 Å². The van der Waals surface area contributed by atoms with Gasteiger partial charge >= 0.3 is 0 Å². The normalized spacial score (nSPS) is 14.5. The second kappa shape index (κ2) is 47.1. The molecule has 0 aromatic carbocycles. The lowest BCUT2D eigenvalue weighted by Gasteiger charge is -2.27. The molecule has 0 spiro atoms. The third kappa shape index (κ3) is 41.2. The largest absolute Gasteiger partial charge is 0.394 e. The van der Waals surface area contributed by atoms with Crippen LogP contribution in [-0.2, 0) is 4.79 Å². The van der Waals surface area contributed by atoms with E-state index in [1.54, 1.807) is 0 Å².